The van der Waals surface area contributed by atoms with Crippen LogP contribution < -0.4 is 4.72 Å². The molecule has 0 spiro atoms. The minimum Gasteiger partial charge on any atom is -0.392 e. The lowest BCUT2D eigenvalue weighted by Gasteiger charge is -2.12. The summed E-state index contributed by atoms with van der Waals surface area (Å²) in [5.74, 6) is 0.487. The molecule has 1 fully saturated rings. The maximum absolute atomic E-state index is 12.5. The quantitative estimate of drug-likeness (QED) is 0.811. The highest BCUT2D eigenvalue weighted by Gasteiger charge is 2.39. The third-order valence-corrected chi connectivity index (χ3v) is 5.45. The Morgan fingerprint density at radius 2 is 2.10 bits per heavy atom. The molecule has 0 radical (unpaired) electrons. The molecule has 0 saturated heterocycles. The third-order valence-electron chi connectivity index (χ3n) is 3.87. The molecule has 1 aromatic carbocycles. The molecule has 1 aliphatic rings. The summed E-state index contributed by atoms with van der Waals surface area (Å²) >= 11 is 0. The first-order valence-electron chi connectivity index (χ1n) is 7.26. The van der Waals surface area contributed by atoms with Crippen molar-refractivity contribution in [1.82, 2.24) is 4.72 Å². The first kappa shape index (κ1) is 15.5. The van der Waals surface area contributed by atoms with Gasteiger partial charge in [-0.1, -0.05) is 32.4 Å². The average Bonchev–Trinajstić information content (AvgIpc) is 3.15. The molecule has 0 aliphatic heterocycles. The van der Waals surface area contributed by atoms with E-state index in [1.807, 2.05) is 6.92 Å². The second-order valence-electron chi connectivity index (χ2n) is 5.47. The van der Waals surface area contributed by atoms with Crippen LogP contribution >= 0.6 is 0 Å². The Kier molecular flexibility index (Phi) is 4.83. The van der Waals surface area contributed by atoms with Gasteiger partial charge in [0.1, 0.15) is 0 Å². The first-order valence-corrected chi connectivity index (χ1v) is 8.75. The standard InChI is InChI=1S/C15H23NO3S/c1-3-5-13-9-14(13)16-20(18,19)15-8-11(10-17)6-7-12(15)4-2/h6-8,13-14,16-17H,3-5,9-10H2,1-2H3. The Balaban J connectivity index is 2.20. The minimum absolute atomic E-state index is 0.0856. The van der Waals surface area contributed by atoms with Crippen molar-refractivity contribution >= 4 is 10.0 Å². The smallest absolute Gasteiger partial charge is 0.241 e. The van der Waals surface area contributed by atoms with Crippen LogP contribution in [0.1, 0.15) is 44.2 Å². The Morgan fingerprint density at radius 3 is 2.70 bits per heavy atom. The van der Waals surface area contributed by atoms with E-state index < -0.39 is 10.0 Å². The normalized spacial score (nSPS) is 21.9. The van der Waals surface area contributed by atoms with Gasteiger partial charge in [0.2, 0.25) is 10.0 Å². The number of aryl methyl sites for hydroxylation is 1. The highest BCUT2D eigenvalue weighted by Crippen LogP contribution is 2.36. The highest BCUT2D eigenvalue weighted by molar-refractivity contribution is 7.89. The third kappa shape index (κ3) is 3.40. The summed E-state index contributed by atoms with van der Waals surface area (Å²) in [5, 5.41) is 9.18. The zero-order valence-corrected chi connectivity index (χ0v) is 12.9. The van der Waals surface area contributed by atoms with Crippen LogP contribution in [-0.4, -0.2) is 19.6 Å². The first-order chi connectivity index (χ1) is 9.51. The Bertz CT molecular complexity index is 568. The van der Waals surface area contributed by atoms with Crippen molar-refractivity contribution in [3.05, 3.63) is 29.3 Å². The van der Waals surface area contributed by atoms with Crippen molar-refractivity contribution in [2.24, 2.45) is 5.92 Å². The molecule has 1 saturated carbocycles. The molecule has 0 amide bonds. The molecule has 2 atom stereocenters. The summed E-state index contributed by atoms with van der Waals surface area (Å²) in [6, 6.07) is 5.23. The van der Waals surface area contributed by atoms with Crippen LogP contribution in [0.4, 0.5) is 0 Å². The minimum atomic E-state index is -3.48. The topological polar surface area (TPSA) is 66.4 Å². The Hall–Kier alpha value is -0.910. The van der Waals surface area contributed by atoms with E-state index in [4.69, 9.17) is 0 Å². The van der Waals surface area contributed by atoms with E-state index >= 15 is 0 Å². The van der Waals surface area contributed by atoms with Crippen LogP contribution in [0.2, 0.25) is 0 Å². The Morgan fingerprint density at radius 1 is 1.35 bits per heavy atom. The summed E-state index contributed by atoms with van der Waals surface area (Å²) < 4.78 is 27.8. The molecule has 20 heavy (non-hydrogen) atoms. The number of aliphatic hydroxyl groups is 1. The van der Waals surface area contributed by atoms with Crippen molar-refractivity contribution in [3.8, 4) is 0 Å². The van der Waals surface area contributed by atoms with E-state index in [1.54, 1.807) is 18.2 Å². The van der Waals surface area contributed by atoms with Crippen molar-refractivity contribution in [2.75, 3.05) is 0 Å². The molecule has 2 N–H and O–H groups in total. The molecule has 1 aliphatic carbocycles. The fourth-order valence-electron chi connectivity index (χ4n) is 2.58. The monoisotopic (exact) mass is 297 g/mol. The molecule has 0 aromatic heterocycles. The lowest BCUT2D eigenvalue weighted by atomic mass is 10.1. The summed E-state index contributed by atoms with van der Waals surface area (Å²) in [7, 11) is -3.48. The summed E-state index contributed by atoms with van der Waals surface area (Å²) in [4.78, 5) is 0.314. The number of hydrogen-bond donors (Lipinski definition) is 2. The molecule has 4 nitrogen and oxygen atoms in total. The fourth-order valence-corrected chi connectivity index (χ4v) is 4.26. The van der Waals surface area contributed by atoms with Gasteiger partial charge in [0, 0.05) is 6.04 Å². The van der Waals surface area contributed by atoms with Crippen molar-refractivity contribution < 1.29 is 13.5 Å². The van der Waals surface area contributed by atoms with Crippen molar-refractivity contribution in [1.29, 1.82) is 0 Å². The van der Waals surface area contributed by atoms with Gasteiger partial charge in [0.05, 0.1) is 11.5 Å². The van der Waals surface area contributed by atoms with Crippen LogP contribution in [0.3, 0.4) is 0 Å². The molecule has 0 heterocycles. The average molecular weight is 297 g/mol. The lowest BCUT2D eigenvalue weighted by Crippen LogP contribution is -2.28. The van der Waals surface area contributed by atoms with Crippen LogP contribution in [0.15, 0.2) is 23.1 Å². The molecule has 2 unspecified atom stereocenters. The zero-order chi connectivity index (χ0) is 14.8. The number of aliphatic hydroxyl groups excluding tert-OH is 1. The number of hydrogen-bond acceptors (Lipinski definition) is 3. The maximum atomic E-state index is 12.5. The predicted molar refractivity (Wildman–Crippen MR) is 78.9 cm³/mol. The molecular formula is C15H23NO3S. The second kappa shape index (κ2) is 6.24. The van der Waals surface area contributed by atoms with Gasteiger partial charge in [-0.3, -0.25) is 0 Å². The fraction of sp³-hybridized carbons (Fsp3) is 0.600. The lowest BCUT2D eigenvalue weighted by molar-refractivity contribution is 0.281. The molecule has 5 heteroatoms. The zero-order valence-electron chi connectivity index (χ0n) is 12.1. The van der Waals surface area contributed by atoms with Gasteiger partial charge in [-0.25, -0.2) is 13.1 Å². The molecular weight excluding hydrogens is 274 g/mol. The van der Waals surface area contributed by atoms with Crippen molar-refractivity contribution in [2.45, 2.75) is 57.1 Å². The van der Waals surface area contributed by atoms with Gasteiger partial charge in [-0.05, 0) is 42.4 Å². The Labute approximate surface area is 121 Å². The van der Waals surface area contributed by atoms with Crippen LogP contribution in [0.5, 0.6) is 0 Å². The van der Waals surface area contributed by atoms with Crippen molar-refractivity contribution in [3.63, 3.8) is 0 Å². The van der Waals surface area contributed by atoms with Gasteiger partial charge in [0.15, 0.2) is 0 Å². The number of rotatable bonds is 7. The van der Waals surface area contributed by atoms with E-state index in [0.29, 0.717) is 22.8 Å². The van der Waals surface area contributed by atoms with Gasteiger partial charge < -0.3 is 5.11 Å². The van der Waals surface area contributed by atoms with Gasteiger partial charge in [0.25, 0.3) is 0 Å². The van der Waals surface area contributed by atoms with E-state index in [-0.39, 0.29) is 12.6 Å². The number of sulfonamides is 1. The van der Waals surface area contributed by atoms with E-state index in [9.17, 15) is 13.5 Å². The summed E-state index contributed by atoms with van der Waals surface area (Å²) in [6.45, 7) is 3.90. The number of nitrogens with one attached hydrogen (secondary N) is 1. The van der Waals surface area contributed by atoms with E-state index in [2.05, 4.69) is 11.6 Å². The number of benzene rings is 1. The van der Waals surface area contributed by atoms with E-state index in [0.717, 1.165) is 24.8 Å². The highest BCUT2D eigenvalue weighted by atomic mass is 32.2. The summed E-state index contributed by atoms with van der Waals surface area (Å²) in [5.41, 5.74) is 1.42. The maximum Gasteiger partial charge on any atom is 0.241 e. The summed E-state index contributed by atoms with van der Waals surface area (Å²) in [6.07, 6.45) is 3.76. The van der Waals surface area contributed by atoms with E-state index in [1.165, 1.54) is 0 Å². The SMILES string of the molecule is CCCC1CC1NS(=O)(=O)c1cc(CO)ccc1CC. The molecule has 0 bridgehead atoms. The van der Waals surface area contributed by atoms with Gasteiger partial charge in [-0.2, -0.15) is 0 Å². The van der Waals surface area contributed by atoms with Crippen LogP contribution in [0.25, 0.3) is 0 Å². The molecule has 112 valence electrons. The van der Waals surface area contributed by atoms with Crippen LogP contribution in [0, 0.1) is 5.92 Å². The molecule has 1 aromatic rings. The second-order valence-corrected chi connectivity index (χ2v) is 7.15. The van der Waals surface area contributed by atoms with Gasteiger partial charge >= 0.3 is 0 Å². The van der Waals surface area contributed by atoms with Gasteiger partial charge in [-0.15, -0.1) is 0 Å². The largest absolute Gasteiger partial charge is 0.392 e. The predicted octanol–water partition coefficient (Wildman–Crippen LogP) is 2.21. The molecule has 2 rings (SSSR count). The van der Waals surface area contributed by atoms with Crippen LogP contribution in [-0.2, 0) is 23.1 Å².